The second kappa shape index (κ2) is 9.47. The summed E-state index contributed by atoms with van der Waals surface area (Å²) in [7, 11) is 0. The van der Waals surface area contributed by atoms with Crippen LogP contribution in [-0.2, 0) is 14.3 Å². The fourth-order valence-electron chi connectivity index (χ4n) is 1.97. The molecule has 1 atom stereocenters. The number of carbonyl (C=O) groups excluding carboxylic acids is 1. The number of hydrogen-bond donors (Lipinski definition) is 2. The van der Waals surface area contributed by atoms with E-state index in [-0.39, 0.29) is 29.9 Å². The molecule has 1 aromatic carbocycles. The van der Waals surface area contributed by atoms with Gasteiger partial charge in [0.1, 0.15) is 5.82 Å². The van der Waals surface area contributed by atoms with E-state index in [1.165, 1.54) is 12.1 Å². The van der Waals surface area contributed by atoms with Crippen LogP contribution in [0.1, 0.15) is 44.7 Å². The number of carboxylic acids is 1. The maximum Gasteiger partial charge on any atom is 0.305 e. The molecule has 1 unspecified atom stereocenters. The molecule has 2 N–H and O–H groups in total. The Bertz CT molecular complexity index is 551. The highest BCUT2D eigenvalue weighted by Gasteiger charge is 2.19. The Hall–Kier alpha value is -1.66. The molecular formula is C16H21ClFNO4. The Morgan fingerprint density at radius 1 is 1.39 bits per heavy atom. The normalized spacial score (nSPS) is 12.2. The van der Waals surface area contributed by atoms with Crippen molar-refractivity contribution in [3.63, 3.8) is 0 Å². The molecule has 0 saturated carbocycles. The van der Waals surface area contributed by atoms with Crippen molar-refractivity contribution in [1.82, 2.24) is 5.32 Å². The summed E-state index contributed by atoms with van der Waals surface area (Å²) in [6.45, 7) is 4.25. The summed E-state index contributed by atoms with van der Waals surface area (Å²) < 4.78 is 18.9. The quantitative estimate of drug-likeness (QED) is 0.673. The highest BCUT2D eigenvalue weighted by Crippen LogP contribution is 2.22. The Kier molecular flexibility index (Phi) is 7.98. The maximum absolute atomic E-state index is 13.5. The van der Waals surface area contributed by atoms with Crippen molar-refractivity contribution in [2.24, 2.45) is 0 Å². The molecule has 23 heavy (non-hydrogen) atoms. The molecule has 1 aromatic rings. The van der Waals surface area contributed by atoms with Crippen molar-refractivity contribution in [3.05, 3.63) is 34.6 Å². The number of halogens is 2. The Balaban J connectivity index is 2.65. The van der Waals surface area contributed by atoms with Crippen molar-refractivity contribution < 1.29 is 23.8 Å². The zero-order valence-electron chi connectivity index (χ0n) is 13.1. The first-order valence-corrected chi connectivity index (χ1v) is 7.75. The largest absolute Gasteiger partial charge is 0.481 e. The van der Waals surface area contributed by atoms with Gasteiger partial charge in [0.05, 0.1) is 23.6 Å². The topological polar surface area (TPSA) is 75.6 Å². The van der Waals surface area contributed by atoms with Crippen LogP contribution in [0.4, 0.5) is 4.39 Å². The lowest BCUT2D eigenvalue weighted by molar-refractivity contribution is -0.137. The number of benzene rings is 1. The average molecular weight is 346 g/mol. The first-order chi connectivity index (χ1) is 10.8. The first kappa shape index (κ1) is 19.4. The molecule has 5 nitrogen and oxygen atoms in total. The molecule has 0 fully saturated rings. The molecule has 7 heteroatoms. The van der Waals surface area contributed by atoms with Crippen LogP contribution in [0.2, 0.25) is 5.02 Å². The van der Waals surface area contributed by atoms with E-state index in [9.17, 15) is 14.0 Å². The molecule has 0 aliphatic heterocycles. The van der Waals surface area contributed by atoms with Crippen LogP contribution < -0.4 is 5.32 Å². The second-order valence-corrected chi connectivity index (χ2v) is 5.82. The molecule has 0 heterocycles. The molecule has 0 aliphatic rings. The molecule has 0 aliphatic carbocycles. The molecule has 128 valence electrons. The van der Waals surface area contributed by atoms with E-state index >= 15 is 0 Å². The van der Waals surface area contributed by atoms with Crippen LogP contribution in [0.25, 0.3) is 0 Å². The number of carboxylic acid groups (broad SMARTS) is 1. The third-order valence-corrected chi connectivity index (χ3v) is 3.37. The second-order valence-electron chi connectivity index (χ2n) is 5.41. The fourth-order valence-corrected chi connectivity index (χ4v) is 2.09. The lowest BCUT2D eigenvalue weighted by atomic mass is 10.0. The molecule has 0 spiro atoms. The average Bonchev–Trinajstić information content (AvgIpc) is 2.45. The molecule has 0 aromatic heterocycles. The molecule has 0 bridgehead atoms. The van der Waals surface area contributed by atoms with Gasteiger partial charge in [0.15, 0.2) is 0 Å². The predicted octanol–water partition coefficient (Wildman–Crippen LogP) is 3.32. The smallest absolute Gasteiger partial charge is 0.305 e. The summed E-state index contributed by atoms with van der Waals surface area (Å²) >= 11 is 5.61. The van der Waals surface area contributed by atoms with Gasteiger partial charge in [0.2, 0.25) is 5.91 Å². The lowest BCUT2D eigenvalue weighted by Crippen LogP contribution is -2.30. The van der Waals surface area contributed by atoms with Crippen molar-refractivity contribution in [2.75, 3.05) is 6.61 Å². The highest BCUT2D eigenvalue weighted by molar-refractivity contribution is 6.30. The number of aliphatic carboxylic acids is 1. The first-order valence-electron chi connectivity index (χ1n) is 7.37. The van der Waals surface area contributed by atoms with Gasteiger partial charge in [-0.15, -0.1) is 0 Å². The monoisotopic (exact) mass is 345 g/mol. The number of ether oxygens (including phenoxy) is 1. The minimum absolute atomic E-state index is 0.0556. The van der Waals surface area contributed by atoms with E-state index in [2.05, 4.69) is 5.32 Å². The fraction of sp³-hybridized carbons (Fsp3) is 0.500. The number of nitrogens with one attached hydrogen (secondary N) is 1. The summed E-state index contributed by atoms with van der Waals surface area (Å²) in [6, 6.07) is 3.17. The van der Waals surface area contributed by atoms with Crippen molar-refractivity contribution in [3.8, 4) is 0 Å². The Labute approximate surface area is 139 Å². The Morgan fingerprint density at radius 2 is 2.09 bits per heavy atom. The van der Waals surface area contributed by atoms with Gasteiger partial charge in [-0.25, -0.2) is 4.39 Å². The van der Waals surface area contributed by atoms with Gasteiger partial charge in [0.25, 0.3) is 0 Å². The molecular weight excluding hydrogens is 325 g/mol. The molecule has 1 amide bonds. The number of amides is 1. The summed E-state index contributed by atoms with van der Waals surface area (Å²) in [6.07, 6.45) is 0.488. The maximum atomic E-state index is 13.5. The van der Waals surface area contributed by atoms with E-state index in [0.29, 0.717) is 18.6 Å². The van der Waals surface area contributed by atoms with Gasteiger partial charge in [-0.3, -0.25) is 9.59 Å². The molecule has 0 radical (unpaired) electrons. The third-order valence-electron chi connectivity index (χ3n) is 3.06. The van der Waals surface area contributed by atoms with Crippen LogP contribution in [0.5, 0.6) is 0 Å². The summed E-state index contributed by atoms with van der Waals surface area (Å²) in [5.41, 5.74) is 0.362. The van der Waals surface area contributed by atoms with Crippen LogP contribution in [0.15, 0.2) is 18.2 Å². The van der Waals surface area contributed by atoms with E-state index in [0.717, 1.165) is 6.07 Å². The van der Waals surface area contributed by atoms with Crippen LogP contribution in [-0.4, -0.2) is 29.7 Å². The minimum atomic E-state index is -1.09. The number of carbonyl (C=O) groups is 2. The van der Waals surface area contributed by atoms with Crippen LogP contribution >= 0.6 is 11.6 Å². The molecule has 0 saturated heterocycles. The van der Waals surface area contributed by atoms with Crippen molar-refractivity contribution in [2.45, 2.75) is 45.3 Å². The lowest BCUT2D eigenvalue weighted by Gasteiger charge is -2.18. The van der Waals surface area contributed by atoms with Crippen molar-refractivity contribution >= 4 is 23.5 Å². The minimum Gasteiger partial charge on any atom is -0.481 e. The van der Waals surface area contributed by atoms with Gasteiger partial charge in [0, 0.05) is 13.0 Å². The van der Waals surface area contributed by atoms with Crippen molar-refractivity contribution in [1.29, 1.82) is 0 Å². The zero-order chi connectivity index (χ0) is 17.4. The Morgan fingerprint density at radius 3 is 2.65 bits per heavy atom. The summed E-state index contributed by atoms with van der Waals surface area (Å²) in [5.74, 6) is -2.05. The summed E-state index contributed by atoms with van der Waals surface area (Å²) in [4.78, 5) is 22.9. The standard InChI is InChI=1S/C16H21ClFNO4/c1-10(2)23-7-3-4-15(20)19-14(9-16(21)22)11-5-6-12(17)13(18)8-11/h5-6,8,10,14H,3-4,7,9H2,1-2H3,(H,19,20)(H,21,22). The van der Waals surface area contributed by atoms with E-state index in [1.54, 1.807) is 0 Å². The number of hydrogen-bond acceptors (Lipinski definition) is 3. The van der Waals surface area contributed by atoms with Gasteiger partial charge < -0.3 is 15.2 Å². The third kappa shape index (κ3) is 7.43. The van der Waals surface area contributed by atoms with Crippen LogP contribution in [0, 0.1) is 5.82 Å². The highest BCUT2D eigenvalue weighted by atomic mass is 35.5. The SMILES string of the molecule is CC(C)OCCCC(=O)NC(CC(=O)O)c1ccc(Cl)c(F)c1. The predicted molar refractivity (Wildman–Crippen MR) is 84.9 cm³/mol. The number of rotatable bonds is 9. The van der Waals surface area contributed by atoms with Gasteiger partial charge >= 0.3 is 5.97 Å². The van der Waals surface area contributed by atoms with E-state index in [4.69, 9.17) is 21.4 Å². The summed E-state index contributed by atoms with van der Waals surface area (Å²) in [5, 5.41) is 11.5. The zero-order valence-corrected chi connectivity index (χ0v) is 13.9. The van der Waals surface area contributed by atoms with Gasteiger partial charge in [-0.2, -0.15) is 0 Å². The van der Waals surface area contributed by atoms with E-state index in [1.807, 2.05) is 13.8 Å². The molecule has 1 rings (SSSR count). The van der Waals surface area contributed by atoms with Gasteiger partial charge in [-0.05, 0) is 38.0 Å². The van der Waals surface area contributed by atoms with Crippen LogP contribution in [0.3, 0.4) is 0 Å². The van der Waals surface area contributed by atoms with E-state index < -0.39 is 17.8 Å². The van der Waals surface area contributed by atoms with Gasteiger partial charge in [-0.1, -0.05) is 17.7 Å².